The van der Waals surface area contributed by atoms with Crippen LogP contribution >= 0.6 is 0 Å². The van der Waals surface area contributed by atoms with E-state index in [0.717, 1.165) is 72.8 Å². The van der Waals surface area contributed by atoms with Gasteiger partial charge >= 0.3 is 0 Å². The maximum atomic E-state index is 12.7. The molecule has 84 heavy (non-hydrogen) atoms. The fourth-order valence-corrected chi connectivity index (χ4v) is 11.4. The number of fused-ring (bicyclic) bond motifs is 2. The van der Waals surface area contributed by atoms with Crippen LogP contribution in [0.3, 0.4) is 0 Å². The first-order valence-electron chi connectivity index (χ1n) is 22.1. The minimum absolute atomic E-state index is 0.334. The third-order valence-corrected chi connectivity index (χ3v) is 16.5. The van der Waals surface area contributed by atoms with Gasteiger partial charge in [-0.2, -0.15) is 60.7 Å². The Morgan fingerprint density at radius 1 is 0.310 bits per heavy atom. The van der Waals surface area contributed by atoms with Crippen molar-refractivity contribution in [2.75, 3.05) is 0 Å². The molecule has 0 amide bonds. The van der Waals surface area contributed by atoms with E-state index in [4.69, 9.17) is 0 Å². The lowest BCUT2D eigenvalue weighted by Gasteiger charge is -2.12. The second-order valence-electron chi connectivity index (χ2n) is 17.0. The first-order valence-corrected chi connectivity index (χ1v) is 30.7. The number of phenolic OH excluding ortho intramolecular Hbond substituents is 6. The zero-order valence-corrected chi connectivity index (χ0v) is 45.7. The Morgan fingerprint density at radius 3 is 0.952 bits per heavy atom. The number of azo groups is 4. The van der Waals surface area contributed by atoms with Crippen LogP contribution in [-0.2, 0) is 60.7 Å². The van der Waals surface area contributed by atoms with Crippen LogP contribution in [0, 0.1) is 0 Å². The SMILES string of the molecule is O=S(=O)(O)c1cc(N=Nc2ccc(O)cc2O)c2c(O)c(N=Nc3ccc(/C=C/c4ccc(N=Nc5c(S(=O)(=O)O)cc6cc(S(=O)(=O)O)cc(N=Nc7ccc(O)cc7O)c6c5O)cc4S(=O)(=O)O)c(S(=O)(=O)O)c3)c(S(=O)(=O)O)cc2c1. The van der Waals surface area contributed by atoms with Crippen molar-refractivity contribution in [2.24, 2.45) is 40.9 Å². The molecule has 0 aliphatic rings. The van der Waals surface area contributed by atoms with E-state index in [9.17, 15) is 108 Å². The van der Waals surface area contributed by atoms with Crippen LogP contribution in [0.4, 0.5) is 45.5 Å². The van der Waals surface area contributed by atoms with Crippen molar-refractivity contribution in [3.8, 4) is 34.5 Å². The van der Waals surface area contributed by atoms with Gasteiger partial charge in [0.15, 0.2) is 11.5 Å². The van der Waals surface area contributed by atoms with Crippen molar-refractivity contribution >= 4 is 140 Å². The van der Waals surface area contributed by atoms with E-state index < -0.39 is 191 Å². The molecule has 0 aliphatic heterocycles. The van der Waals surface area contributed by atoms with Crippen LogP contribution in [-0.4, -0.2) is 108 Å². The van der Waals surface area contributed by atoms with Gasteiger partial charge in [0.05, 0.1) is 43.3 Å². The van der Waals surface area contributed by atoms with Crippen molar-refractivity contribution in [1.29, 1.82) is 0 Å². The Hall–Kier alpha value is -9.32. The summed E-state index contributed by atoms with van der Waals surface area (Å²) in [5.74, 6) is -4.49. The number of phenols is 6. The molecule has 0 spiro atoms. The Labute approximate surface area is 470 Å². The molecule has 0 heterocycles. The van der Waals surface area contributed by atoms with Crippen LogP contribution in [0.25, 0.3) is 33.7 Å². The van der Waals surface area contributed by atoms with E-state index in [-0.39, 0.29) is 11.4 Å². The molecule has 0 saturated carbocycles. The number of nitrogens with zero attached hydrogens (tertiary/aromatic N) is 8. The minimum Gasteiger partial charge on any atom is -0.508 e. The molecular formula is C46H32N8O24S6. The molecule has 0 saturated heterocycles. The van der Waals surface area contributed by atoms with Gasteiger partial charge in [0.1, 0.15) is 65.3 Å². The van der Waals surface area contributed by atoms with E-state index in [2.05, 4.69) is 40.9 Å². The molecule has 8 aromatic carbocycles. The lowest BCUT2D eigenvalue weighted by atomic mass is 10.1. The molecule has 0 radical (unpaired) electrons. The molecule has 32 nitrogen and oxygen atoms in total. The first kappa shape index (κ1) is 60.8. The maximum Gasteiger partial charge on any atom is 0.296 e. The smallest absolute Gasteiger partial charge is 0.296 e. The monoisotopic (exact) mass is 1270 g/mol. The third-order valence-electron chi connectivity index (χ3n) is 11.3. The predicted molar refractivity (Wildman–Crippen MR) is 288 cm³/mol. The molecule has 0 fully saturated rings. The van der Waals surface area contributed by atoms with Gasteiger partial charge in [-0.15, -0.1) is 30.7 Å². The average molecular weight is 1270 g/mol. The number of hydrogen-bond donors (Lipinski definition) is 12. The predicted octanol–water partition coefficient (Wildman–Crippen LogP) is 9.54. The van der Waals surface area contributed by atoms with Crippen molar-refractivity contribution in [1.82, 2.24) is 0 Å². The highest BCUT2D eigenvalue weighted by molar-refractivity contribution is 7.87. The molecule has 0 aliphatic carbocycles. The zero-order chi connectivity index (χ0) is 61.8. The van der Waals surface area contributed by atoms with Gasteiger partial charge in [-0.05, 0) is 107 Å². The molecule has 8 aromatic rings. The highest BCUT2D eigenvalue weighted by Crippen LogP contribution is 2.49. The molecule has 38 heteroatoms. The van der Waals surface area contributed by atoms with Crippen molar-refractivity contribution in [3.05, 3.63) is 120 Å². The van der Waals surface area contributed by atoms with Gasteiger partial charge in [0.2, 0.25) is 0 Å². The van der Waals surface area contributed by atoms with Crippen LogP contribution in [0.15, 0.2) is 179 Å². The third kappa shape index (κ3) is 13.3. The summed E-state index contributed by atoms with van der Waals surface area (Å²) in [4.78, 5) is -6.39. The summed E-state index contributed by atoms with van der Waals surface area (Å²) in [7, 11) is -31.8. The fourth-order valence-electron chi connectivity index (χ4n) is 7.62. The van der Waals surface area contributed by atoms with E-state index >= 15 is 0 Å². The van der Waals surface area contributed by atoms with Gasteiger partial charge in [0, 0.05) is 12.1 Å². The molecule has 0 bridgehead atoms. The molecular weight excluding hydrogens is 1240 g/mol. The quantitative estimate of drug-likeness (QED) is 0.0243. The summed E-state index contributed by atoms with van der Waals surface area (Å²) in [5, 5.41) is 90.2. The molecule has 0 unspecified atom stereocenters. The summed E-state index contributed by atoms with van der Waals surface area (Å²) < 4.78 is 211. The summed E-state index contributed by atoms with van der Waals surface area (Å²) in [6.07, 6.45) is 1.76. The van der Waals surface area contributed by atoms with Gasteiger partial charge in [-0.1, -0.05) is 24.3 Å². The van der Waals surface area contributed by atoms with Crippen molar-refractivity contribution in [3.63, 3.8) is 0 Å². The normalized spacial score (nSPS) is 13.3. The van der Waals surface area contributed by atoms with Gasteiger partial charge in [-0.3, -0.25) is 27.3 Å². The Balaban J connectivity index is 1.18. The summed E-state index contributed by atoms with van der Waals surface area (Å²) in [5.41, 5.74) is -6.16. The summed E-state index contributed by atoms with van der Waals surface area (Å²) in [6.45, 7) is 0. The highest BCUT2D eigenvalue weighted by atomic mass is 32.2. The maximum absolute atomic E-state index is 12.7. The van der Waals surface area contributed by atoms with Gasteiger partial charge < -0.3 is 30.6 Å². The van der Waals surface area contributed by atoms with Crippen LogP contribution in [0.1, 0.15) is 11.1 Å². The van der Waals surface area contributed by atoms with E-state index in [1.807, 2.05) is 0 Å². The molecule has 0 aromatic heterocycles. The molecule has 436 valence electrons. The standard InChI is InChI=1S/C46H32N8O24S6/c55-27-7-9-31(35(57)17-27)49-51-33-19-29(79(61,62)63)11-23-13-39(83(73,74)75)43(45(59)41(23)33)53-47-25-5-3-21(37(15-25)81(67,68)69)1-2-22-4-6-26(16-38(22)82(70,71)72)48-54-44-40(84(76,77)78)14-24-12-30(80(64,65)66)20-34(42(24)46(44)60)52-50-32-10-8-28(56)18-36(32)58/h1-20,55-60H,(H,61,62,63)(H,64,65,66)(H,67,68,69)(H,70,71,72)(H,73,74,75)(H,76,77,78)/b2-1+,51-49?,52-50?,53-47?,54-48?. The molecule has 12 N–H and O–H groups in total. The number of aromatic hydroxyl groups is 6. The van der Waals surface area contributed by atoms with Crippen LogP contribution in [0.5, 0.6) is 34.5 Å². The Bertz CT molecular complexity index is 4730. The topological polar surface area (TPSA) is 546 Å². The Morgan fingerprint density at radius 2 is 0.643 bits per heavy atom. The highest BCUT2D eigenvalue weighted by Gasteiger charge is 2.28. The largest absolute Gasteiger partial charge is 0.508 e. The van der Waals surface area contributed by atoms with Gasteiger partial charge in [0.25, 0.3) is 60.7 Å². The number of benzene rings is 8. The fraction of sp³-hybridized carbons (Fsp3) is 0. The molecule has 8 rings (SSSR count). The van der Waals surface area contributed by atoms with E-state index in [0.29, 0.717) is 48.5 Å². The Kier molecular flexibility index (Phi) is 16.0. The second-order valence-corrected chi connectivity index (χ2v) is 25.4. The lowest BCUT2D eigenvalue weighted by Crippen LogP contribution is -2.02. The summed E-state index contributed by atoms with van der Waals surface area (Å²) >= 11 is 0. The van der Waals surface area contributed by atoms with Crippen molar-refractivity contribution < 1.29 is 108 Å². The average Bonchev–Trinajstić information content (AvgIpc) is 0.987. The van der Waals surface area contributed by atoms with Gasteiger partial charge in [-0.25, -0.2) is 0 Å². The lowest BCUT2D eigenvalue weighted by molar-refractivity contribution is 0.450. The summed E-state index contributed by atoms with van der Waals surface area (Å²) in [6, 6.07) is 14.8. The van der Waals surface area contributed by atoms with Crippen molar-refractivity contribution in [2.45, 2.75) is 29.4 Å². The van der Waals surface area contributed by atoms with E-state index in [1.54, 1.807) is 0 Å². The number of rotatable bonds is 16. The first-order chi connectivity index (χ1) is 38.9. The number of hydrogen-bond acceptors (Lipinski definition) is 26. The minimum atomic E-state index is -5.45. The zero-order valence-electron chi connectivity index (χ0n) is 40.8. The second kappa shape index (κ2) is 22.1. The van der Waals surface area contributed by atoms with Crippen LogP contribution in [0.2, 0.25) is 0 Å². The van der Waals surface area contributed by atoms with Crippen LogP contribution < -0.4 is 0 Å². The van der Waals surface area contributed by atoms with E-state index in [1.165, 1.54) is 0 Å². The molecule has 0 atom stereocenters.